The predicted molar refractivity (Wildman–Crippen MR) is 66.0 cm³/mol. The van der Waals surface area contributed by atoms with Gasteiger partial charge in [0, 0.05) is 6.07 Å². The van der Waals surface area contributed by atoms with Crippen LogP contribution in [0.2, 0.25) is 0 Å². The van der Waals surface area contributed by atoms with Gasteiger partial charge < -0.3 is 16.3 Å². The molecule has 19 heavy (non-hydrogen) atoms. The fraction of sp³-hybridized carbons (Fsp3) is 0.333. The van der Waals surface area contributed by atoms with Crippen LogP contribution in [0.3, 0.4) is 0 Å². The van der Waals surface area contributed by atoms with Crippen LogP contribution in [0.1, 0.15) is 29.3 Å². The molecule has 7 heteroatoms. The summed E-state index contributed by atoms with van der Waals surface area (Å²) in [7, 11) is 0. The number of benzene rings is 1. The lowest BCUT2D eigenvalue weighted by Crippen LogP contribution is -2.44. The highest BCUT2D eigenvalue weighted by molar-refractivity contribution is 5.98. The van der Waals surface area contributed by atoms with E-state index in [9.17, 15) is 13.6 Å². The van der Waals surface area contributed by atoms with Crippen molar-refractivity contribution in [2.75, 3.05) is 0 Å². The van der Waals surface area contributed by atoms with E-state index < -0.39 is 23.6 Å². The first-order valence-corrected chi connectivity index (χ1v) is 5.64. The van der Waals surface area contributed by atoms with Gasteiger partial charge in [-0.15, -0.1) is 0 Å². The number of aryl methyl sites for hydroxylation is 1. The molecule has 1 atom stereocenters. The second-order valence-corrected chi connectivity index (χ2v) is 4.04. The molecule has 1 unspecified atom stereocenters. The Morgan fingerprint density at radius 3 is 2.63 bits per heavy atom. The van der Waals surface area contributed by atoms with Crippen LogP contribution in [0.4, 0.5) is 8.78 Å². The summed E-state index contributed by atoms with van der Waals surface area (Å²) in [6.07, 6.45) is 0.365. The number of hydrogen-bond acceptors (Lipinski definition) is 3. The van der Waals surface area contributed by atoms with Crippen LogP contribution >= 0.6 is 0 Å². The summed E-state index contributed by atoms with van der Waals surface area (Å²) in [5, 5.41) is 13.7. The summed E-state index contributed by atoms with van der Waals surface area (Å²) >= 11 is 0. The quantitative estimate of drug-likeness (QED) is 0.336. The lowest BCUT2D eigenvalue weighted by atomic mass is 10.1. The first-order valence-electron chi connectivity index (χ1n) is 5.64. The van der Waals surface area contributed by atoms with Gasteiger partial charge in [0.2, 0.25) is 0 Å². The molecule has 0 bridgehead atoms. The maximum Gasteiger partial charge on any atom is 0.254 e. The Hall–Kier alpha value is -2.18. The summed E-state index contributed by atoms with van der Waals surface area (Å²) < 4.78 is 26.6. The highest BCUT2D eigenvalue weighted by Gasteiger charge is 2.19. The normalized spacial score (nSPS) is 13.2. The molecule has 0 spiro atoms. The van der Waals surface area contributed by atoms with E-state index in [1.807, 2.05) is 0 Å². The van der Waals surface area contributed by atoms with Crippen LogP contribution in [0.15, 0.2) is 17.3 Å². The summed E-state index contributed by atoms with van der Waals surface area (Å²) in [6, 6.07) is 1.04. The summed E-state index contributed by atoms with van der Waals surface area (Å²) in [6.45, 7) is 3.13. The van der Waals surface area contributed by atoms with Crippen molar-refractivity contribution in [2.24, 2.45) is 10.9 Å². The van der Waals surface area contributed by atoms with Crippen molar-refractivity contribution in [3.8, 4) is 0 Å². The number of nitrogens with zero attached hydrogens (tertiary/aromatic N) is 1. The number of oxime groups is 1. The molecule has 104 valence electrons. The number of nitrogens with two attached hydrogens (primary N) is 1. The van der Waals surface area contributed by atoms with E-state index in [1.54, 1.807) is 6.92 Å². The van der Waals surface area contributed by atoms with Gasteiger partial charge in [0.25, 0.3) is 5.91 Å². The van der Waals surface area contributed by atoms with E-state index in [1.165, 1.54) is 6.92 Å². The number of amidine groups is 1. The number of halogens is 2. The lowest BCUT2D eigenvalue weighted by molar-refractivity contribution is 0.0941. The largest absolute Gasteiger partial charge is 0.409 e. The molecular formula is C12H15F2N3O2. The molecule has 5 nitrogen and oxygen atoms in total. The van der Waals surface area contributed by atoms with E-state index in [2.05, 4.69) is 10.5 Å². The Morgan fingerprint density at radius 1 is 1.47 bits per heavy atom. The Balaban J connectivity index is 2.98. The van der Waals surface area contributed by atoms with Gasteiger partial charge in [0.05, 0.1) is 11.6 Å². The van der Waals surface area contributed by atoms with E-state index in [0.29, 0.717) is 12.5 Å². The Morgan fingerprint density at radius 2 is 2.11 bits per heavy atom. The van der Waals surface area contributed by atoms with Crippen molar-refractivity contribution in [1.82, 2.24) is 5.32 Å². The zero-order valence-corrected chi connectivity index (χ0v) is 10.6. The van der Waals surface area contributed by atoms with Crippen LogP contribution in [-0.2, 0) is 0 Å². The number of carbonyl (C=O) groups excluding carboxylic acids is 1. The number of nitrogens with one attached hydrogen (secondary N) is 1. The van der Waals surface area contributed by atoms with E-state index in [0.717, 1.165) is 6.07 Å². The third-order valence-electron chi connectivity index (χ3n) is 2.68. The lowest BCUT2D eigenvalue weighted by Gasteiger charge is -2.15. The van der Waals surface area contributed by atoms with Crippen LogP contribution in [0.25, 0.3) is 0 Å². The minimum atomic E-state index is -0.963. The average molecular weight is 271 g/mol. The zero-order valence-electron chi connectivity index (χ0n) is 10.6. The van der Waals surface area contributed by atoms with Crippen molar-refractivity contribution >= 4 is 11.7 Å². The van der Waals surface area contributed by atoms with E-state index in [4.69, 9.17) is 10.9 Å². The smallest absolute Gasteiger partial charge is 0.254 e. The van der Waals surface area contributed by atoms with Gasteiger partial charge in [-0.05, 0) is 25.0 Å². The number of rotatable bonds is 4. The molecular weight excluding hydrogens is 256 g/mol. The number of carbonyl (C=O) groups is 1. The van der Waals surface area contributed by atoms with Crippen LogP contribution in [0.5, 0.6) is 0 Å². The topological polar surface area (TPSA) is 87.7 Å². The fourth-order valence-electron chi connectivity index (χ4n) is 1.52. The minimum Gasteiger partial charge on any atom is -0.409 e. The minimum absolute atomic E-state index is 0.156. The highest BCUT2D eigenvalue weighted by Crippen LogP contribution is 2.14. The molecule has 0 aliphatic heterocycles. The van der Waals surface area contributed by atoms with Crippen molar-refractivity contribution in [3.63, 3.8) is 0 Å². The van der Waals surface area contributed by atoms with E-state index >= 15 is 0 Å². The second kappa shape index (κ2) is 6.12. The SMILES string of the molecule is CCC(NC(=O)c1cc(C)c(F)cc1F)/C(N)=N/O. The molecule has 1 amide bonds. The molecule has 0 saturated carbocycles. The van der Waals surface area contributed by atoms with Crippen molar-refractivity contribution in [2.45, 2.75) is 26.3 Å². The highest BCUT2D eigenvalue weighted by atomic mass is 19.1. The maximum atomic E-state index is 13.5. The predicted octanol–water partition coefficient (Wildman–Crippen LogP) is 1.53. The van der Waals surface area contributed by atoms with Crippen LogP contribution < -0.4 is 11.1 Å². The molecule has 0 heterocycles. The summed E-state index contributed by atoms with van der Waals surface area (Å²) in [4.78, 5) is 11.9. The third kappa shape index (κ3) is 3.40. The molecule has 0 fully saturated rings. The van der Waals surface area contributed by atoms with Gasteiger partial charge in [-0.1, -0.05) is 12.1 Å². The first kappa shape index (κ1) is 14.9. The zero-order chi connectivity index (χ0) is 14.6. The molecule has 0 aromatic heterocycles. The number of amides is 1. The van der Waals surface area contributed by atoms with Crippen molar-refractivity contribution in [3.05, 3.63) is 34.9 Å². The summed E-state index contributed by atoms with van der Waals surface area (Å²) in [5.41, 5.74) is 5.24. The Labute approximate surface area is 109 Å². The molecule has 0 saturated heterocycles. The number of hydrogen-bond donors (Lipinski definition) is 3. The average Bonchev–Trinajstić information content (AvgIpc) is 2.38. The summed E-state index contributed by atoms with van der Waals surface area (Å²) in [5.74, 6) is -2.62. The van der Waals surface area contributed by atoms with Crippen molar-refractivity contribution < 1.29 is 18.8 Å². The Kier molecular flexibility index (Phi) is 4.80. The van der Waals surface area contributed by atoms with Gasteiger partial charge in [-0.3, -0.25) is 4.79 Å². The third-order valence-corrected chi connectivity index (χ3v) is 2.68. The van der Waals surface area contributed by atoms with Crippen LogP contribution in [0, 0.1) is 18.6 Å². The second-order valence-electron chi connectivity index (χ2n) is 4.04. The fourth-order valence-corrected chi connectivity index (χ4v) is 1.52. The molecule has 1 rings (SSSR count). The maximum absolute atomic E-state index is 13.5. The van der Waals surface area contributed by atoms with Gasteiger partial charge in [-0.25, -0.2) is 8.78 Å². The van der Waals surface area contributed by atoms with Crippen LogP contribution in [-0.4, -0.2) is 23.0 Å². The van der Waals surface area contributed by atoms with Gasteiger partial charge >= 0.3 is 0 Å². The van der Waals surface area contributed by atoms with Gasteiger partial charge in [0.15, 0.2) is 5.84 Å². The first-order chi connectivity index (χ1) is 8.90. The van der Waals surface area contributed by atoms with Gasteiger partial charge in [0.1, 0.15) is 11.6 Å². The van der Waals surface area contributed by atoms with Crippen molar-refractivity contribution in [1.29, 1.82) is 0 Å². The molecule has 1 aromatic carbocycles. The Bertz CT molecular complexity index is 518. The molecule has 4 N–H and O–H groups in total. The molecule has 0 aliphatic carbocycles. The molecule has 1 aromatic rings. The van der Waals surface area contributed by atoms with E-state index in [-0.39, 0.29) is 17.0 Å². The van der Waals surface area contributed by atoms with Gasteiger partial charge in [-0.2, -0.15) is 0 Å². The standard InChI is InChI=1S/C12H15F2N3O2/c1-3-10(11(15)17-19)16-12(18)7-4-6(2)8(13)5-9(7)14/h4-5,10,19H,3H2,1-2H3,(H2,15,17)(H,16,18). The molecule has 0 radical (unpaired) electrons. The monoisotopic (exact) mass is 271 g/mol. The molecule has 0 aliphatic rings.